The second-order valence-corrected chi connectivity index (χ2v) is 3.17. The summed E-state index contributed by atoms with van der Waals surface area (Å²) in [5.41, 5.74) is 6.40. The normalized spacial score (nSPS) is 9.60. The lowest BCUT2D eigenvalue weighted by atomic mass is 10.3. The number of nitrogens with zero attached hydrogens (tertiary/aromatic N) is 1. The zero-order valence-electron chi connectivity index (χ0n) is 8.77. The largest absolute Gasteiger partial charge is 0.458 e. The van der Waals surface area contributed by atoms with Crippen molar-refractivity contribution >= 4 is 18.4 Å². The zero-order chi connectivity index (χ0) is 10.6. The van der Waals surface area contributed by atoms with E-state index in [1.807, 2.05) is 0 Å². The number of carbonyl (C=O) groups excluding carboxylic acids is 1. The molecule has 1 heterocycles. The Hall–Kier alpha value is -1.13. The number of hydrogen-bond donors (Lipinski definition) is 1. The average molecular weight is 231 g/mol. The smallest absolute Gasteiger partial charge is 0.357 e. The van der Waals surface area contributed by atoms with E-state index in [0.717, 1.165) is 0 Å². The SMILES string of the molecule is CC(C)OC(=O)c1cccc(CN)n1.Cl. The minimum atomic E-state index is -0.407. The molecule has 15 heavy (non-hydrogen) atoms. The molecule has 0 aliphatic carbocycles. The summed E-state index contributed by atoms with van der Waals surface area (Å²) in [4.78, 5) is 15.4. The van der Waals surface area contributed by atoms with Gasteiger partial charge in [-0.05, 0) is 26.0 Å². The lowest BCUT2D eigenvalue weighted by Gasteiger charge is -2.07. The lowest BCUT2D eigenvalue weighted by Crippen LogP contribution is -2.14. The molecule has 1 rings (SSSR count). The van der Waals surface area contributed by atoms with Gasteiger partial charge in [0.15, 0.2) is 0 Å². The van der Waals surface area contributed by atoms with Crippen LogP contribution in [0, 0.1) is 0 Å². The van der Waals surface area contributed by atoms with Gasteiger partial charge in [-0.1, -0.05) is 6.07 Å². The highest BCUT2D eigenvalue weighted by Gasteiger charge is 2.10. The third kappa shape index (κ3) is 4.27. The number of esters is 1. The van der Waals surface area contributed by atoms with Crippen LogP contribution in [0.25, 0.3) is 0 Å². The van der Waals surface area contributed by atoms with Crippen LogP contribution in [0.4, 0.5) is 0 Å². The second kappa shape index (κ2) is 6.37. The fraction of sp³-hybridized carbons (Fsp3) is 0.400. The Labute approximate surface area is 95.2 Å². The molecule has 0 aliphatic heterocycles. The quantitative estimate of drug-likeness (QED) is 0.800. The van der Waals surface area contributed by atoms with Crippen molar-refractivity contribution in [3.8, 4) is 0 Å². The maximum Gasteiger partial charge on any atom is 0.357 e. The van der Waals surface area contributed by atoms with E-state index in [4.69, 9.17) is 10.5 Å². The summed E-state index contributed by atoms with van der Waals surface area (Å²) in [5.74, 6) is -0.407. The fourth-order valence-corrected chi connectivity index (χ4v) is 0.981. The predicted octanol–water partition coefficient (Wildman–Crippen LogP) is 1.53. The number of carbonyl (C=O) groups is 1. The molecule has 0 amide bonds. The van der Waals surface area contributed by atoms with Crippen LogP contribution >= 0.6 is 12.4 Å². The number of rotatable bonds is 3. The summed E-state index contributed by atoms with van der Waals surface area (Å²) < 4.78 is 4.99. The molecule has 0 saturated heterocycles. The molecule has 0 aromatic carbocycles. The van der Waals surface area contributed by atoms with Crippen LogP contribution in [0.5, 0.6) is 0 Å². The van der Waals surface area contributed by atoms with Gasteiger partial charge < -0.3 is 10.5 Å². The van der Waals surface area contributed by atoms with Gasteiger partial charge in [-0.25, -0.2) is 9.78 Å². The van der Waals surface area contributed by atoms with Gasteiger partial charge >= 0.3 is 5.97 Å². The number of ether oxygens (including phenoxy) is 1. The Kier molecular flexibility index (Phi) is 5.89. The van der Waals surface area contributed by atoms with Crippen LogP contribution < -0.4 is 5.73 Å². The average Bonchev–Trinajstić information content (AvgIpc) is 2.17. The topological polar surface area (TPSA) is 65.2 Å². The molecule has 2 N–H and O–H groups in total. The molecule has 84 valence electrons. The maximum atomic E-state index is 11.4. The van der Waals surface area contributed by atoms with E-state index in [1.54, 1.807) is 32.0 Å². The van der Waals surface area contributed by atoms with Gasteiger partial charge in [-0.15, -0.1) is 12.4 Å². The van der Waals surface area contributed by atoms with Crippen molar-refractivity contribution in [1.82, 2.24) is 4.98 Å². The van der Waals surface area contributed by atoms with Gasteiger partial charge in [0.05, 0.1) is 11.8 Å². The highest BCUT2D eigenvalue weighted by atomic mass is 35.5. The molecule has 4 nitrogen and oxygen atoms in total. The Balaban J connectivity index is 0.00000196. The highest BCUT2D eigenvalue weighted by Crippen LogP contribution is 2.02. The summed E-state index contributed by atoms with van der Waals surface area (Å²) >= 11 is 0. The van der Waals surface area contributed by atoms with E-state index in [-0.39, 0.29) is 18.5 Å². The van der Waals surface area contributed by atoms with Crippen LogP contribution in [-0.4, -0.2) is 17.1 Å². The Morgan fingerprint density at radius 3 is 2.73 bits per heavy atom. The standard InChI is InChI=1S/C10H14N2O2.ClH/c1-7(2)14-10(13)9-5-3-4-8(6-11)12-9;/h3-5,7H,6,11H2,1-2H3;1H. The first-order valence-corrected chi connectivity index (χ1v) is 4.50. The summed E-state index contributed by atoms with van der Waals surface area (Å²) in [6, 6.07) is 5.13. The number of pyridine rings is 1. The highest BCUT2D eigenvalue weighted by molar-refractivity contribution is 5.87. The van der Waals surface area contributed by atoms with Crippen molar-refractivity contribution in [2.75, 3.05) is 0 Å². The molecule has 0 spiro atoms. The van der Waals surface area contributed by atoms with Crippen molar-refractivity contribution in [3.63, 3.8) is 0 Å². The van der Waals surface area contributed by atoms with E-state index < -0.39 is 5.97 Å². The molecule has 1 aromatic heterocycles. The minimum absolute atomic E-state index is 0. The molecule has 0 atom stereocenters. The van der Waals surface area contributed by atoms with Gasteiger partial charge in [0.25, 0.3) is 0 Å². The van der Waals surface area contributed by atoms with Crippen molar-refractivity contribution < 1.29 is 9.53 Å². The Morgan fingerprint density at radius 2 is 2.20 bits per heavy atom. The van der Waals surface area contributed by atoms with Crippen LogP contribution in [0.3, 0.4) is 0 Å². The molecular weight excluding hydrogens is 216 g/mol. The number of halogens is 1. The van der Waals surface area contributed by atoms with Gasteiger partial charge in [-0.3, -0.25) is 0 Å². The number of hydrogen-bond acceptors (Lipinski definition) is 4. The maximum absolute atomic E-state index is 11.4. The van der Waals surface area contributed by atoms with Gasteiger partial charge in [-0.2, -0.15) is 0 Å². The molecule has 1 aromatic rings. The molecule has 0 fully saturated rings. The first-order chi connectivity index (χ1) is 6.63. The summed E-state index contributed by atoms with van der Waals surface area (Å²) in [7, 11) is 0. The fourth-order valence-electron chi connectivity index (χ4n) is 0.981. The van der Waals surface area contributed by atoms with E-state index in [2.05, 4.69) is 4.98 Å². The summed E-state index contributed by atoms with van der Waals surface area (Å²) in [6.07, 6.45) is -0.133. The summed E-state index contributed by atoms with van der Waals surface area (Å²) in [5, 5.41) is 0. The monoisotopic (exact) mass is 230 g/mol. The van der Waals surface area contributed by atoms with Gasteiger partial charge in [0, 0.05) is 6.54 Å². The van der Waals surface area contributed by atoms with Crippen LogP contribution in [0.1, 0.15) is 30.0 Å². The van der Waals surface area contributed by atoms with Gasteiger partial charge in [0.1, 0.15) is 5.69 Å². The third-order valence-corrected chi connectivity index (χ3v) is 1.57. The Morgan fingerprint density at radius 1 is 1.53 bits per heavy atom. The number of aromatic nitrogens is 1. The van der Waals surface area contributed by atoms with Gasteiger partial charge in [0.2, 0.25) is 0 Å². The predicted molar refractivity (Wildman–Crippen MR) is 59.9 cm³/mol. The van der Waals surface area contributed by atoms with E-state index in [9.17, 15) is 4.79 Å². The lowest BCUT2D eigenvalue weighted by molar-refractivity contribution is 0.0370. The molecule has 5 heteroatoms. The molecule has 0 saturated carbocycles. The molecule has 0 unspecified atom stereocenters. The molecule has 0 bridgehead atoms. The van der Waals surface area contributed by atoms with E-state index in [0.29, 0.717) is 17.9 Å². The van der Waals surface area contributed by atoms with E-state index in [1.165, 1.54) is 0 Å². The molecule has 0 aliphatic rings. The first kappa shape index (κ1) is 13.9. The first-order valence-electron chi connectivity index (χ1n) is 4.50. The zero-order valence-corrected chi connectivity index (χ0v) is 9.58. The van der Waals surface area contributed by atoms with Crippen molar-refractivity contribution in [1.29, 1.82) is 0 Å². The molecular formula is C10H15ClN2O2. The van der Waals surface area contributed by atoms with Crippen LogP contribution in [0.2, 0.25) is 0 Å². The second-order valence-electron chi connectivity index (χ2n) is 3.17. The Bertz CT molecular complexity index is 329. The van der Waals surface area contributed by atoms with Crippen molar-refractivity contribution in [2.24, 2.45) is 5.73 Å². The van der Waals surface area contributed by atoms with Crippen LogP contribution in [0.15, 0.2) is 18.2 Å². The van der Waals surface area contributed by atoms with E-state index >= 15 is 0 Å². The minimum Gasteiger partial charge on any atom is -0.458 e. The van der Waals surface area contributed by atoms with Crippen molar-refractivity contribution in [2.45, 2.75) is 26.5 Å². The van der Waals surface area contributed by atoms with Crippen molar-refractivity contribution in [3.05, 3.63) is 29.6 Å². The third-order valence-electron chi connectivity index (χ3n) is 1.57. The summed E-state index contributed by atoms with van der Waals surface area (Å²) in [6.45, 7) is 3.91. The number of nitrogens with two attached hydrogens (primary N) is 1. The van der Waals surface area contributed by atoms with Crippen LogP contribution in [-0.2, 0) is 11.3 Å². The molecule has 0 radical (unpaired) electrons.